The molecule has 0 heterocycles. The molecule has 0 saturated heterocycles. The molecule has 2 nitrogen and oxygen atoms in total. The van der Waals surface area contributed by atoms with Gasteiger partial charge in [-0.15, -0.1) is 0 Å². The molecule has 8 rings (SSSR count). The lowest BCUT2D eigenvalue weighted by Crippen LogP contribution is -2.53. The lowest BCUT2D eigenvalue weighted by molar-refractivity contribution is 0.496. The first kappa shape index (κ1) is 35.8. The summed E-state index contributed by atoms with van der Waals surface area (Å²) in [6.45, 7) is 7.61. The van der Waals surface area contributed by atoms with Crippen LogP contribution in [0, 0.1) is 22.7 Å². The Morgan fingerprint density at radius 1 is 0.491 bits per heavy atom. The molecular formula is C51H43BN2Si. The van der Waals surface area contributed by atoms with Gasteiger partial charge in [0, 0.05) is 0 Å². The monoisotopic (exact) mass is 722 g/mol. The summed E-state index contributed by atoms with van der Waals surface area (Å²) in [7, 11) is -2.07. The lowest BCUT2D eigenvalue weighted by atomic mass is 9.35. The summed E-state index contributed by atoms with van der Waals surface area (Å²) in [6, 6.07) is 63.2. The molecule has 55 heavy (non-hydrogen) atoms. The van der Waals surface area contributed by atoms with Gasteiger partial charge in [-0.05, 0) is 109 Å². The lowest BCUT2D eigenvalue weighted by Gasteiger charge is -2.29. The van der Waals surface area contributed by atoms with Crippen LogP contribution in [0.15, 0.2) is 164 Å². The Hall–Kier alpha value is -6.20. The van der Waals surface area contributed by atoms with E-state index in [0.29, 0.717) is 12.3 Å². The molecule has 0 aromatic heterocycles. The molecule has 1 saturated carbocycles. The van der Waals surface area contributed by atoms with Gasteiger partial charge in [-0.1, -0.05) is 171 Å². The Labute approximate surface area is 327 Å². The van der Waals surface area contributed by atoms with Crippen molar-refractivity contribution in [1.29, 1.82) is 10.5 Å². The Morgan fingerprint density at radius 2 is 0.982 bits per heavy atom. The molecule has 1 aliphatic carbocycles. The van der Waals surface area contributed by atoms with Gasteiger partial charge in [0.25, 0.3) is 0 Å². The molecule has 0 spiro atoms. The van der Waals surface area contributed by atoms with Gasteiger partial charge in [0.15, 0.2) is 6.71 Å². The van der Waals surface area contributed by atoms with Crippen LogP contribution in [0.25, 0.3) is 55.6 Å². The molecule has 7 aromatic carbocycles. The maximum absolute atomic E-state index is 10.4. The molecule has 1 aliphatic rings. The van der Waals surface area contributed by atoms with Gasteiger partial charge < -0.3 is 0 Å². The van der Waals surface area contributed by atoms with Crippen molar-refractivity contribution < 1.29 is 0 Å². The molecule has 0 aliphatic heterocycles. The number of nitriles is 2. The first-order valence-electron chi connectivity index (χ1n) is 19.4. The van der Waals surface area contributed by atoms with Crippen LogP contribution in [0.4, 0.5) is 0 Å². The molecule has 0 amide bonds. The fraction of sp³-hybridized carbons (Fsp3) is 0.137. The van der Waals surface area contributed by atoms with E-state index in [1.54, 1.807) is 0 Å². The maximum atomic E-state index is 10.4. The van der Waals surface area contributed by atoms with Crippen molar-refractivity contribution in [2.45, 2.75) is 45.0 Å². The molecule has 4 heteroatoms. The van der Waals surface area contributed by atoms with Crippen molar-refractivity contribution in [1.82, 2.24) is 0 Å². The first-order valence-corrected chi connectivity index (χ1v) is 22.4. The van der Waals surface area contributed by atoms with E-state index >= 15 is 0 Å². The largest absolute Gasteiger partial charge is 0.192 e. The fourth-order valence-corrected chi connectivity index (χ4v) is 10.9. The topological polar surface area (TPSA) is 47.6 Å². The molecule has 0 bridgehead atoms. The van der Waals surface area contributed by atoms with Crippen molar-refractivity contribution in [2.24, 2.45) is 0 Å². The van der Waals surface area contributed by atoms with Gasteiger partial charge in [-0.2, -0.15) is 10.5 Å². The van der Waals surface area contributed by atoms with Gasteiger partial charge in [0.1, 0.15) is 8.07 Å². The Morgan fingerprint density at radius 3 is 1.53 bits per heavy atom. The van der Waals surface area contributed by atoms with Gasteiger partial charge in [0.2, 0.25) is 0 Å². The van der Waals surface area contributed by atoms with Crippen molar-refractivity contribution in [3.05, 3.63) is 175 Å². The van der Waals surface area contributed by atoms with Crippen molar-refractivity contribution in [3.8, 4) is 67.8 Å². The van der Waals surface area contributed by atoms with Gasteiger partial charge in [0.05, 0.1) is 23.3 Å². The minimum atomic E-state index is -2.07. The average molecular weight is 723 g/mol. The minimum absolute atomic E-state index is 0.581. The van der Waals surface area contributed by atoms with E-state index in [1.165, 1.54) is 41.0 Å². The molecule has 264 valence electrons. The molecule has 0 radical (unpaired) electrons. The van der Waals surface area contributed by atoms with Gasteiger partial charge in [-0.25, -0.2) is 0 Å². The highest BCUT2D eigenvalue weighted by Crippen LogP contribution is 2.37. The second-order valence-corrected chi connectivity index (χ2v) is 20.0. The van der Waals surface area contributed by atoms with E-state index in [-0.39, 0.29) is 0 Å². The van der Waals surface area contributed by atoms with Gasteiger partial charge >= 0.3 is 0 Å². The molecular weight excluding hydrogens is 679 g/mol. The van der Waals surface area contributed by atoms with Crippen molar-refractivity contribution >= 4 is 30.6 Å². The fourth-order valence-electron chi connectivity index (χ4n) is 8.22. The van der Waals surface area contributed by atoms with E-state index in [2.05, 4.69) is 178 Å². The molecule has 0 atom stereocenters. The van der Waals surface area contributed by atoms with E-state index in [9.17, 15) is 10.5 Å². The molecule has 1 fully saturated rings. The van der Waals surface area contributed by atoms with Crippen LogP contribution in [0.5, 0.6) is 0 Å². The number of nitrogens with zero attached hydrogens (tertiary/aromatic N) is 2. The molecule has 0 unspecified atom stereocenters. The number of benzene rings is 7. The Kier molecular flexibility index (Phi) is 9.94. The number of hydrogen-bond acceptors (Lipinski definition) is 2. The van der Waals surface area contributed by atoms with Crippen molar-refractivity contribution in [2.75, 3.05) is 0 Å². The van der Waals surface area contributed by atoms with Crippen LogP contribution >= 0.6 is 0 Å². The third kappa shape index (κ3) is 7.35. The number of hydrogen-bond donors (Lipinski definition) is 0. The highest BCUT2D eigenvalue weighted by Gasteiger charge is 2.29. The van der Waals surface area contributed by atoms with E-state index in [4.69, 9.17) is 0 Å². The Bertz CT molecular complexity index is 2590. The summed E-state index contributed by atoms with van der Waals surface area (Å²) in [5.74, 6) is 0.798. The average Bonchev–Trinajstić information content (AvgIpc) is 3.23. The zero-order chi connectivity index (χ0) is 37.9. The smallest absolute Gasteiger partial charge is 0.175 e. The highest BCUT2D eigenvalue weighted by molar-refractivity contribution is 7.00. The first-order chi connectivity index (χ1) is 26.8. The molecule has 0 N–H and O–H groups in total. The molecule has 7 aromatic rings. The zero-order valence-corrected chi connectivity index (χ0v) is 32.8. The minimum Gasteiger partial charge on any atom is -0.192 e. The van der Waals surface area contributed by atoms with E-state index in [1.807, 2.05) is 18.2 Å². The summed E-state index contributed by atoms with van der Waals surface area (Å²) in [5.41, 5.74) is 13.9. The predicted octanol–water partition coefficient (Wildman–Crippen LogP) is 11.5. The number of rotatable bonds is 9. The van der Waals surface area contributed by atoms with Crippen LogP contribution in [0.1, 0.15) is 30.4 Å². The highest BCUT2D eigenvalue weighted by atomic mass is 28.3. The van der Waals surface area contributed by atoms with Crippen LogP contribution in [-0.4, -0.2) is 14.8 Å². The summed E-state index contributed by atoms with van der Waals surface area (Å²) in [4.78, 5) is 0. The van der Waals surface area contributed by atoms with Crippen molar-refractivity contribution in [3.63, 3.8) is 0 Å². The third-order valence-corrected chi connectivity index (χ3v) is 15.5. The standard InChI is InChI=1S/C51H43BN2Si/c1-52(48-17-10-18-48)49-24-21-37(22-25-49)44-31-45(41-15-8-13-39(28-41)38-12-7-11-36(27-38)34-53)33-46(32-44)42-16-9-14-40(29-42)43-23-26-51(47(30-43)35-54)55(2,3)50-19-5-4-6-20-50/h4-9,11-16,19-33,48H,10,17-18H2,1-3H3. The van der Waals surface area contributed by atoms with Crippen LogP contribution in [-0.2, 0) is 0 Å². The quantitative estimate of drug-likeness (QED) is 0.139. The zero-order valence-electron chi connectivity index (χ0n) is 31.8. The summed E-state index contributed by atoms with van der Waals surface area (Å²) in [5, 5.41) is 22.4. The maximum Gasteiger partial charge on any atom is 0.175 e. The second-order valence-electron chi connectivity index (χ2n) is 15.6. The SMILES string of the molecule is CB(c1ccc(-c2cc(-c3cccc(-c4cccc(C#N)c4)c3)cc(-c3cccc(-c4ccc([Si](C)(C)c5ccccc5)c(C#N)c4)c3)c2)cc1)C1CCC1. The van der Waals surface area contributed by atoms with Gasteiger partial charge in [-0.3, -0.25) is 0 Å². The predicted molar refractivity (Wildman–Crippen MR) is 235 cm³/mol. The van der Waals surface area contributed by atoms with Crippen LogP contribution < -0.4 is 15.8 Å². The van der Waals surface area contributed by atoms with Crippen LogP contribution in [0.3, 0.4) is 0 Å². The third-order valence-electron chi connectivity index (χ3n) is 11.9. The second kappa shape index (κ2) is 15.3. The van der Waals surface area contributed by atoms with E-state index in [0.717, 1.165) is 61.1 Å². The summed E-state index contributed by atoms with van der Waals surface area (Å²) >= 11 is 0. The van der Waals surface area contributed by atoms with E-state index < -0.39 is 8.07 Å². The summed E-state index contributed by atoms with van der Waals surface area (Å²) in [6.07, 6.45) is 4.03. The normalized spacial score (nSPS) is 12.7. The summed E-state index contributed by atoms with van der Waals surface area (Å²) < 4.78 is 0. The Balaban J connectivity index is 1.20. The van der Waals surface area contributed by atoms with Crippen LogP contribution in [0.2, 0.25) is 25.7 Å².